The molecule has 2 aromatic carbocycles. The largest absolute Gasteiger partial charge is 0.399 e. The van der Waals surface area contributed by atoms with Crippen molar-refractivity contribution in [1.82, 2.24) is 0 Å². The summed E-state index contributed by atoms with van der Waals surface area (Å²) in [6, 6.07) is 18.5. The van der Waals surface area contributed by atoms with Crippen LogP contribution in [0.25, 0.3) is 0 Å². The van der Waals surface area contributed by atoms with Crippen LogP contribution in [-0.4, -0.2) is 52.6 Å². The molecule has 2 aliphatic heterocycles. The summed E-state index contributed by atoms with van der Waals surface area (Å²) in [7, 11) is 0. The van der Waals surface area contributed by atoms with Crippen LogP contribution in [0.2, 0.25) is 0 Å². The molecule has 2 N–H and O–H groups in total. The van der Waals surface area contributed by atoms with Crippen molar-refractivity contribution in [2.75, 3.05) is 68.1 Å². The van der Waals surface area contributed by atoms with Gasteiger partial charge in [-0.15, -0.1) is 0 Å². The molecule has 0 saturated carbocycles. The van der Waals surface area contributed by atoms with Crippen LogP contribution >= 0.6 is 0 Å². The summed E-state index contributed by atoms with van der Waals surface area (Å²) in [5.41, 5.74) is 8.97. The molecule has 134 valence electrons. The van der Waals surface area contributed by atoms with E-state index in [1.807, 2.05) is 18.2 Å². The van der Waals surface area contributed by atoms with Crippen molar-refractivity contribution in [3.8, 4) is 0 Å². The van der Waals surface area contributed by atoms with Crippen LogP contribution in [0.5, 0.6) is 0 Å². The van der Waals surface area contributed by atoms with Gasteiger partial charge >= 0.3 is 0 Å². The van der Waals surface area contributed by atoms with E-state index in [9.17, 15) is 0 Å². The van der Waals surface area contributed by atoms with Gasteiger partial charge in [-0.25, -0.2) is 0 Å². The maximum Gasteiger partial charge on any atom is 0.0642 e. The number of nitrogens with two attached hydrogens (primary N) is 1. The van der Waals surface area contributed by atoms with Gasteiger partial charge in [0.25, 0.3) is 0 Å². The third kappa shape index (κ3) is 5.37. The molecule has 2 fully saturated rings. The summed E-state index contributed by atoms with van der Waals surface area (Å²) in [4.78, 5) is 4.66. The molecular weight excluding hydrogens is 314 g/mol. The van der Waals surface area contributed by atoms with Crippen molar-refractivity contribution in [3.63, 3.8) is 0 Å². The highest BCUT2D eigenvalue weighted by Crippen LogP contribution is 2.17. The SMILES string of the molecule is Nc1ccc(N2CCOCC2)cc1.c1ccc(N2CCOCC2)cc1. The van der Waals surface area contributed by atoms with Gasteiger partial charge in [0.15, 0.2) is 0 Å². The lowest BCUT2D eigenvalue weighted by atomic mass is 10.2. The third-order valence-electron chi connectivity index (χ3n) is 4.40. The van der Waals surface area contributed by atoms with Crippen LogP contribution in [0.1, 0.15) is 0 Å². The Labute approximate surface area is 149 Å². The lowest BCUT2D eigenvalue weighted by molar-refractivity contribution is 0.122. The van der Waals surface area contributed by atoms with Crippen molar-refractivity contribution in [2.24, 2.45) is 0 Å². The average Bonchev–Trinajstić information content (AvgIpc) is 2.71. The van der Waals surface area contributed by atoms with Gasteiger partial charge in [0, 0.05) is 43.2 Å². The Hall–Kier alpha value is -2.24. The summed E-state index contributed by atoms with van der Waals surface area (Å²) in [5.74, 6) is 0. The van der Waals surface area contributed by atoms with Crippen LogP contribution in [0.15, 0.2) is 54.6 Å². The van der Waals surface area contributed by atoms with E-state index in [4.69, 9.17) is 15.2 Å². The fourth-order valence-electron chi connectivity index (χ4n) is 2.97. The molecule has 0 spiro atoms. The Balaban J connectivity index is 0.000000146. The number of hydrogen-bond acceptors (Lipinski definition) is 5. The molecule has 2 saturated heterocycles. The molecule has 0 aromatic heterocycles. The molecule has 0 aliphatic carbocycles. The summed E-state index contributed by atoms with van der Waals surface area (Å²) in [6.07, 6.45) is 0. The molecule has 0 amide bonds. The number of nitrogens with zero attached hydrogens (tertiary/aromatic N) is 2. The minimum absolute atomic E-state index is 0.817. The monoisotopic (exact) mass is 341 g/mol. The van der Waals surface area contributed by atoms with Gasteiger partial charge in [0.05, 0.1) is 26.4 Å². The summed E-state index contributed by atoms with van der Waals surface area (Å²) < 4.78 is 10.6. The van der Waals surface area contributed by atoms with Crippen molar-refractivity contribution in [3.05, 3.63) is 54.6 Å². The number of hydrogen-bond donors (Lipinski definition) is 1. The zero-order valence-corrected chi connectivity index (χ0v) is 14.6. The topological polar surface area (TPSA) is 51.0 Å². The van der Waals surface area contributed by atoms with Crippen LogP contribution in [0.3, 0.4) is 0 Å². The first-order valence-electron chi connectivity index (χ1n) is 8.89. The number of benzene rings is 2. The smallest absolute Gasteiger partial charge is 0.0642 e. The van der Waals surface area contributed by atoms with Gasteiger partial charge in [0.2, 0.25) is 0 Å². The van der Waals surface area contributed by atoms with Gasteiger partial charge in [0.1, 0.15) is 0 Å². The lowest BCUT2D eigenvalue weighted by Gasteiger charge is -2.28. The predicted molar refractivity (Wildman–Crippen MR) is 103 cm³/mol. The van der Waals surface area contributed by atoms with Gasteiger partial charge < -0.3 is 25.0 Å². The first-order chi connectivity index (χ1) is 12.3. The highest BCUT2D eigenvalue weighted by molar-refractivity contribution is 5.53. The van der Waals surface area contributed by atoms with Crippen LogP contribution in [0.4, 0.5) is 17.1 Å². The second-order valence-corrected chi connectivity index (χ2v) is 6.13. The van der Waals surface area contributed by atoms with E-state index in [-0.39, 0.29) is 0 Å². The lowest BCUT2D eigenvalue weighted by Crippen LogP contribution is -2.36. The third-order valence-corrected chi connectivity index (χ3v) is 4.40. The van der Waals surface area contributed by atoms with E-state index in [1.165, 1.54) is 11.4 Å². The van der Waals surface area contributed by atoms with E-state index in [0.717, 1.165) is 58.3 Å². The predicted octanol–water partition coefficient (Wildman–Crippen LogP) is 2.63. The molecule has 0 atom stereocenters. The van der Waals surface area contributed by atoms with Crippen molar-refractivity contribution < 1.29 is 9.47 Å². The van der Waals surface area contributed by atoms with E-state index in [1.54, 1.807) is 0 Å². The summed E-state index contributed by atoms with van der Waals surface area (Å²) >= 11 is 0. The number of para-hydroxylation sites is 1. The highest BCUT2D eigenvalue weighted by atomic mass is 16.5. The van der Waals surface area contributed by atoms with Crippen molar-refractivity contribution in [2.45, 2.75) is 0 Å². The van der Waals surface area contributed by atoms with Gasteiger partial charge in [-0.2, -0.15) is 0 Å². The fourth-order valence-corrected chi connectivity index (χ4v) is 2.97. The van der Waals surface area contributed by atoms with Crippen molar-refractivity contribution >= 4 is 17.1 Å². The number of rotatable bonds is 2. The Morgan fingerprint density at radius 3 is 1.52 bits per heavy atom. The summed E-state index contributed by atoms with van der Waals surface area (Å²) in [6.45, 7) is 7.35. The zero-order chi connectivity index (χ0) is 17.3. The molecule has 0 unspecified atom stereocenters. The molecule has 2 heterocycles. The average molecular weight is 341 g/mol. The van der Waals surface area contributed by atoms with Crippen LogP contribution in [0, 0.1) is 0 Å². The molecule has 25 heavy (non-hydrogen) atoms. The minimum Gasteiger partial charge on any atom is -0.399 e. The molecule has 2 aromatic rings. The van der Waals surface area contributed by atoms with E-state index < -0.39 is 0 Å². The minimum atomic E-state index is 0.817. The molecule has 0 bridgehead atoms. The van der Waals surface area contributed by atoms with Crippen molar-refractivity contribution in [1.29, 1.82) is 0 Å². The zero-order valence-electron chi connectivity index (χ0n) is 14.6. The Bertz CT molecular complexity index is 607. The molecule has 5 heteroatoms. The first-order valence-corrected chi connectivity index (χ1v) is 8.89. The first kappa shape index (κ1) is 17.6. The fraction of sp³-hybridized carbons (Fsp3) is 0.400. The van der Waals surface area contributed by atoms with E-state index >= 15 is 0 Å². The highest BCUT2D eigenvalue weighted by Gasteiger charge is 2.10. The molecule has 4 rings (SSSR count). The number of ether oxygens (including phenoxy) is 2. The van der Waals surface area contributed by atoms with Crippen LogP contribution in [-0.2, 0) is 9.47 Å². The van der Waals surface area contributed by atoms with Gasteiger partial charge in [-0.1, -0.05) is 18.2 Å². The normalized spacial score (nSPS) is 17.6. The second kappa shape index (κ2) is 9.30. The number of nitrogen functional groups attached to an aromatic ring is 1. The maximum atomic E-state index is 5.61. The number of anilines is 3. The molecule has 5 nitrogen and oxygen atoms in total. The standard InChI is InChI=1S/C10H14N2O.C10H13NO/c11-9-1-3-10(4-2-9)12-5-7-13-8-6-12;1-2-4-10(5-3-1)11-6-8-12-9-7-11/h1-4H,5-8,11H2;1-5H,6-9H2. The maximum absolute atomic E-state index is 5.61. The Morgan fingerprint density at radius 2 is 1.04 bits per heavy atom. The quantitative estimate of drug-likeness (QED) is 0.851. The van der Waals surface area contributed by atoms with E-state index in [2.05, 4.69) is 46.2 Å². The van der Waals surface area contributed by atoms with Crippen LogP contribution < -0.4 is 15.5 Å². The molecule has 2 aliphatic rings. The second-order valence-electron chi connectivity index (χ2n) is 6.13. The van der Waals surface area contributed by atoms with Gasteiger partial charge in [-0.05, 0) is 36.4 Å². The molecule has 0 radical (unpaired) electrons. The van der Waals surface area contributed by atoms with E-state index in [0.29, 0.717) is 0 Å². The Kier molecular flexibility index (Phi) is 6.54. The van der Waals surface area contributed by atoms with Gasteiger partial charge in [-0.3, -0.25) is 0 Å². The number of morpholine rings is 2. The summed E-state index contributed by atoms with van der Waals surface area (Å²) in [5, 5.41) is 0. The molecular formula is C20H27N3O2. The Morgan fingerprint density at radius 1 is 0.600 bits per heavy atom.